The van der Waals surface area contributed by atoms with Crippen LogP contribution in [-0.4, -0.2) is 44.9 Å². The Morgan fingerprint density at radius 1 is 1.10 bits per heavy atom. The maximum atomic E-state index is 12.3. The van der Waals surface area contributed by atoms with E-state index in [1.54, 1.807) is 24.3 Å². The fourth-order valence-corrected chi connectivity index (χ4v) is 3.25. The molecule has 29 heavy (non-hydrogen) atoms. The number of nitrogens with one attached hydrogen (secondary N) is 3. The Morgan fingerprint density at radius 2 is 1.93 bits per heavy atom. The zero-order valence-corrected chi connectivity index (χ0v) is 15.6. The predicted octanol–water partition coefficient (Wildman–Crippen LogP) is 0.919. The largest absolute Gasteiger partial charge is 0.356 e. The van der Waals surface area contributed by atoms with Crippen LogP contribution in [0.5, 0.6) is 0 Å². The quantitative estimate of drug-likeness (QED) is 0.539. The minimum absolute atomic E-state index is 0.126. The molecule has 0 spiro atoms. The molecule has 148 valence electrons. The second-order valence-electron chi connectivity index (χ2n) is 6.76. The number of nitrogens with zero attached hydrogens (tertiary/aromatic N) is 3. The summed E-state index contributed by atoms with van der Waals surface area (Å²) in [7, 11) is 0. The number of carbonyl (C=O) groups is 3. The Hall–Kier alpha value is -3.75. The van der Waals surface area contributed by atoms with Gasteiger partial charge >= 0.3 is 0 Å². The lowest BCUT2D eigenvalue weighted by Gasteiger charge is -2.14. The molecule has 0 fully saturated rings. The fourth-order valence-electron chi connectivity index (χ4n) is 3.25. The molecule has 9 heteroatoms. The molecule has 0 unspecified atom stereocenters. The summed E-state index contributed by atoms with van der Waals surface area (Å²) in [5.41, 5.74) is 1.60. The first-order chi connectivity index (χ1) is 14.1. The van der Waals surface area contributed by atoms with Crippen molar-refractivity contribution >= 4 is 29.1 Å². The van der Waals surface area contributed by atoms with Gasteiger partial charge in [0.1, 0.15) is 11.9 Å². The normalized spacial score (nSPS) is 15.9. The minimum Gasteiger partial charge on any atom is -0.356 e. The van der Waals surface area contributed by atoms with Gasteiger partial charge in [-0.3, -0.25) is 18.8 Å². The van der Waals surface area contributed by atoms with Gasteiger partial charge in [-0.05, 0) is 30.7 Å². The average molecular weight is 392 g/mol. The van der Waals surface area contributed by atoms with E-state index in [4.69, 9.17) is 0 Å². The number of pyridine rings is 1. The van der Waals surface area contributed by atoms with E-state index in [2.05, 4.69) is 26.1 Å². The van der Waals surface area contributed by atoms with Gasteiger partial charge in [0.2, 0.25) is 11.8 Å². The second kappa shape index (κ2) is 8.09. The van der Waals surface area contributed by atoms with E-state index in [0.29, 0.717) is 30.6 Å². The first-order valence-corrected chi connectivity index (χ1v) is 9.38. The van der Waals surface area contributed by atoms with Crippen LogP contribution >= 0.6 is 0 Å². The van der Waals surface area contributed by atoms with Gasteiger partial charge in [-0.2, -0.15) is 0 Å². The number of benzene rings is 1. The van der Waals surface area contributed by atoms with Crippen LogP contribution in [0.4, 0.5) is 5.69 Å². The summed E-state index contributed by atoms with van der Waals surface area (Å²) in [6, 6.07) is 11.5. The minimum atomic E-state index is -0.921. The first-order valence-electron chi connectivity index (χ1n) is 9.38. The van der Waals surface area contributed by atoms with Crippen LogP contribution in [0, 0.1) is 0 Å². The van der Waals surface area contributed by atoms with E-state index >= 15 is 0 Å². The number of hydrogen-bond donors (Lipinski definition) is 3. The molecule has 4 rings (SSSR count). The van der Waals surface area contributed by atoms with Crippen LogP contribution in [0.25, 0.3) is 5.65 Å². The summed E-state index contributed by atoms with van der Waals surface area (Å²) in [5.74, 6) is -0.269. The van der Waals surface area contributed by atoms with E-state index in [0.717, 1.165) is 11.5 Å². The fraction of sp³-hybridized carbons (Fsp3) is 0.250. The molecule has 3 aromatic rings. The van der Waals surface area contributed by atoms with Gasteiger partial charge in [0, 0.05) is 19.2 Å². The molecule has 0 saturated carbocycles. The number of para-hydroxylation sites is 1. The highest BCUT2D eigenvalue weighted by molar-refractivity contribution is 6.10. The van der Waals surface area contributed by atoms with E-state index in [9.17, 15) is 14.4 Å². The van der Waals surface area contributed by atoms with Crippen molar-refractivity contribution in [1.29, 1.82) is 0 Å². The molecule has 1 aliphatic rings. The van der Waals surface area contributed by atoms with Gasteiger partial charge in [0.05, 0.1) is 17.7 Å². The van der Waals surface area contributed by atoms with Crippen molar-refractivity contribution in [3.8, 4) is 0 Å². The molecule has 2 aromatic heterocycles. The number of hydrogen-bond acceptors (Lipinski definition) is 5. The standard InChI is InChI=1S/C20H20N6O3/c27-18(21-10-5-9-17-25-24-16-8-3-4-11-26(16)17)12-15-20(29)22-14-7-2-1-6-13(14)19(28)23-15/h1-4,6-8,11,15H,5,9-10,12H2,(H,21,27)(H,22,29)(H,23,28)/t15-/m1/s1. The van der Waals surface area contributed by atoms with E-state index in [-0.39, 0.29) is 18.2 Å². The summed E-state index contributed by atoms with van der Waals surface area (Å²) in [6.07, 6.45) is 3.10. The van der Waals surface area contributed by atoms with Crippen molar-refractivity contribution in [2.45, 2.75) is 25.3 Å². The summed E-state index contributed by atoms with van der Waals surface area (Å²) < 4.78 is 1.91. The summed E-state index contributed by atoms with van der Waals surface area (Å²) >= 11 is 0. The van der Waals surface area contributed by atoms with Gasteiger partial charge < -0.3 is 16.0 Å². The van der Waals surface area contributed by atoms with Crippen molar-refractivity contribution in [3.05, 3.63) is 60.0 Å². The Bertz CT molecular complexity index is 1080. The van der Waals surface area contributed by atoms with Crippen molar-refractivity contribution in [2.75, 3.05) is 11.9 Å². The van der Waals surface area contributed by atoms with Crippen LogP contribution in [0.15, 0.2) is 48.7 Å². The van der Waals surface area contributed by atoms with E-state index in [1.165, 1.54) is 0 Å². The monoisotopic (exact) mass is 392 g/mol. The number of anilines is 1. The maximum absolute atomic E-state index is 12.3. The molecule has 3 amide bonds. The Morgan fingerprint density at radius 3 is 2.83 bits per heavy atom. The molecule has 1 aromatic carbocycles. The smallest absolute Gasteiger partial charge is 0.254 e. The first kappa shape index (κ1) is 18.6. The third-order valence-electron chi connectivity index (χ3n) is 4.72. The predicted molar refractivity (Wildman–Crippen MR) is 105 cm³/mol. The van der Waals surface area contributed by atoms with Gasteiger partial charge in [0.25, 0.3) is 5.91 Å². The van der Waals surface area contributed by atoms with Gasteiger partial charge in [-0.1, -0.05) is 18.2 Å². The van der Waals surface area contributed by atoms with Gasteiger partial charge in [0.15, 0.2) is 5.65 Å². The third kappa shape index (κ3) is 4.08. The molecule has 9 nitrogen and oxygen atoms in total. The summed E-state index contributed by atoms with van der Waals surface area (Å²) in [5, 5.41) is 16.3. The lowest BCUT2D eigenvalue weighted by atomic mass is 10.1. The number of aromatic nitrogens is 3. The molecular formula is C20H20N6O3. The number of amides is 3. The Kier molecular flexibility index (Phi) is 5.19. The van der Waals surface area contributed by atoms with Crippen molar-refractivity contribution < 1.29 is 14.4 Å². The van der Waals surface area contributed by atoms with Crippen LogP contribution in [0.3, 0.4) is 0 Å². The number of aryl methyl sites for hydroxylation is 1. The molecule has 3 N–H and O–H groups in total. The SMILES string of the molecule is O=C(C[C@H]1NC(=O)c2ccccc2NC1=O)NCCCc1nnc2ccccn12. The topological polar surface area (TPSA) is 117 Å². The van der Waals surface area contributed by atoms with Crippen LogP contribution in [0.1, 0.15) is 29.0 Å². The van der Waals surface area contributed by atoms with Gasteiger partial charge in [-0.25, -0.2) is 0 Å². The Balaban J connectivity index is 1.27. The Labute approximate surface area is 166 Å². The summed E-state index contributed by atoms with van der Waals surface area (Å²) in [6.45, 7) is 0.434. The molecule has 0 saturated heterocycles. The molecule has 0 radical (unpaired) electrons. The van der Waals surface area contributed by atoms with Gasteiger partial charge in [-0.15, -0.1) is 10.2 Å². The van der Waals surface area contributed by atoms with Crippen molar-refractivity contribution in [2.24, 2.45) is 0 Å². The molecule has 1 aliphatic heterocycles. The number of fused-ring (bicyclic) bond motifs is 2. The van der Waals surface area contributed by atoms with Crippen LogP contribution in [-0.2, 0) is 16.0 Å². The highest BCUT2D eigenvalue weighted by Crippen LogP contribution is 2.18. The second-order valence-corrected chi connectivity index (χ2v) is 6.76. The average Bonchev–Trinajstić information content (AvgIpc) is 3.09. The lowest BCUT2D eigenvalue weighted by Crippen LogP contribution is -2.44. The van der Waals surface area contributed by atoms with E-state index < -0.39 is 11.9 Å². The molecule has 0 bridgehead atoms. The molecule has 3 heterocycles. The molecule has 0 aliphatic carbocycles. The zero-order chi connectivity index (χ0) is 20.2. The lowest BCUT2D eigenvalue weighted by molar-refractivity contribution is -0.125. The zero-order valence-electron chi connectivity index (χ0n) is 15.6. The van der Waals surface area contributed by atoms with Crippen LogP contribution < -0.4 is 16.0 Å². The number of carbonyl (C=O) groups excluding carboxylic acids is 3. The van der Waals surface area contributed by atoms with E-state index in [1.807, 2.05) is 28.8 Å². The molecular weight excluding hydrogens is 372 g/mol. The number of rotatable bonds is 6. The third-order valence-corrected chi connectivity index (χ3v) is 4.72. The summed E-state index contributed by atoms with van der Waals surface area (Å²) in [4.78, 5) is 36.9. The highest BCUT2D eigenvalue weighted by atomic mass is 16.2. The van der Waals surface area contributed by atoms with Crippen molar-refractivity contribution in [3.63, 3.8) is 0 Å². The highest BCUT2D eigenvalue weighted by Gasteiger charge is 2.29. The maximum Gasteiger partial charge on any atom is 0.254 e. The van der Waals surface area contributed by atoms with Crippen molar-refractivity contribution in [1.82, 2.24) is 25.2 Å². The molecule has 1 atom stereocenters. The van der Waals surface area contributed by atoms with Crippen LogP contribution in [0.2, 0.25) is 0 Å².